The lowest BCUT2D eigenvalue weighted by molar-refractivity contribution is 0.122. The van der Waals surface area contributed by atoms with Crippen LogP contribution in [0.5, 0.6) is 0 Å². The molecule has 1 saturated heterocycles. The fraction of sp³-hybridized carbons (Fsp3) is 0.385. The van der Waals surface area contributed by atoms with Crippen molar-refractivity contribution in [1.82, 2.24) is 15.2 Å². The molecule has 1 aliphatic heterocycles. The van der Waals surface area contributed by atoms with Gasteiger partial charge in [0, 0.05) is 49.2 Å². The molecule has 1 aromatic carbocycles. The van der Waals surface area contributed by atoms with E-state index in [0.717, 1.165) is 78.3 Å². The molecule has 3 aromatic rings. The summed E-state index contributed by atoms with van der Waals surface area (Å²) in [5.41, 5.74) is 3.83. The minimum atomic E-state index is -0.508. The monoisotopic (exact) mass is 508 g/mol. The van der Waals surface area contributed by atoms with Gasteiger partial charge in [0.25, 0.3) is 0 Å². The summed E-state index contributed by atoms with van der Waals surface area (Å²) < 4.78 is 10.5. The number of carbonyl (C=O) groups is 1. The molecule has 1 amide bonds. The van der Waals surface area contributed by atoms with Crippen molar-refractivity contribution >= 4 is 34.6 Å². The molecule has 0 unspecified atom stereocenters. The standard InChI is InChI=1S/C26H32N6O3S/c1-3-12-35-26(33)29-20-7-5-6-19(15-20)18-27-23-17-22(32-10-13-34-14-11-32)16-21(28-23)8-9-25-31-30-24(4-2)36-25/h3,5-7,15-17H,1,4,8-14,18H2,2H3,(H,27,28)(H,29,33). The zero-order chi connectivity index (χ0) is 25.2. The minimum absolute atomic E-state index is 0.166. The zero-order valence-corrected chi connectivity index (χ0v) is 21.4. The number of rotatable bonds is 11. The number of benzene rings is 1. The van der Waals surface area contributed by atoms with Crippen LogP contribution in [-0.4, -0.2) is 54.2 Å². The lowest BCUT2D eigenvalue weighted by Gasteiger charge is -2.29. The van der Waals surface area contributed by atoms with E-state index < -0.39 is 6.09 Å². The van der Waals surface area contributed by atoms with Crippen molar-refractivity contribution in [3.63, 3.8) is 0 Å². The van der Waals surface area contributed by atoms with E-state index in [2.05, 4.69) is 51.4 Å². The first-order valence-corrected chi connectivity index (χ1v) is 13.0. The Labute approximate surface area is 215 Å². The van der Waals surface area contributed by atoms with Gasteiger partial charge in [-0.25, -0.2) is 9.78 Å². The fourth-order valence-electron chi connectivity index (χ4n) is 3.80. The summed E-state index contributed by atoms with van der Waals surface area (Å²) in [6, 6.07) is 11.9. The van der Waals surface area contributed by atoms with Crippen molar-refractivity contribution in [2.75, 3.05) is 48.4 Å². The van der Waals surface area contributed by atoms with Crippen LogP contribution >= 0.6 is 11.3 Å². The van der Waals surface area contributed by atoms with Crippen LogP contribution in [0.25, 0.3) is 0 Å². The van der Waals surface area contributed by atoms with Crippen LogP contribution < -0.4 is 15.5 Å². The Bertz CT molecular complexity index is 1160. The Balaban J connectivity index is 1.45. The van der Waals surface area contributed by atoms with Gasteiger partial charge in [0.2, 0.25) is 0 Å². The van der Waals surface area contributed by atoms with Crippen molar-refractivity contribution in [1.29, 1.82) is 0 Å². The highest BCUT2D eigenvalue weighted by Crippen LogP contribution is 2.23. The van der Waals surface area contributed by atoms with Gasteiger partial charge >= 0.3 is 6.09 Å². The highest BCUT2D eigenvalue weighted by Gasteiger charge is 2.14. The van der Waals surface area contributed by atoms with Crippen molar-refractivity contribution in [3.05, 3.63) is 70.3 Å². The summed E-state index contributed by atoms with van der Waals surface area (Å²) in [6.45, 7) is 9.52. The highest BCUT2D eigenvalue weighted by molar-refractivity contribution is 7.11. The first-order chi connectivity index (χ1) is 17.6. The smallest absolute Gasteiger partial charge is 0.411 e. The number of nitrogens with zero attached hydrogens (tertiary/aromatic N) is 4. The summed E-state index contributed by atoms with van der Waals surface area (Å²) in [6.07, 6.45) is 3.53. The van der Waals surface area contributed by atoms with E-state index in [1.807, 2.05) is 24.3 Å². The number of ether oxygens (including phenoxy) is 2. The molecule has 1 aliphatic rings. The average Bonchev–Trinajstić information content (AvgIpc) is 3.38. The fourth-order valence-corrected chi connectivity index (χ4v) is 4.59. The number of hydrogen-bond donors (Lipinski definition) is 2. The average molecular weight is 509 g/mol. The minimum Gasteiger partial charge on any atom is -0.445 e. The van der Waals surface area contributed by atoms with Crippen LogP contribution in [-0.2, 0) is 35.3 Å². The van der Waals surface area contributed by atoms with E-state index in [-0.39, 0.29) is 6.61 Å². The molecule has 1 fully saturated rings. The number of carbonyl (C=O) groups excluding carboxylic acids is 1. The SMILES string of the molecule is C=CCOC(=O)Nc1cccc(CNc2cc(N3CCOCC3)cc(CCc3nnc(CC)s3)n2)c1. The maximum Gasteiger partial charge on any atom is 0.411 e. The lowest BCUT2D eigenvalue weighted by Crippen LogP contribution is -2.36. The second-order valence-corrected chi connectivity index (χ2v) is 9.46. The summed E-state index contributed by atoms with van der Waals surface area (Å²) in [4.78, 5) is 19.1. The Morgan fingerprint density at radius 1 is 1.19 bits per heavy atom. The molecule has 4 rings (SSSR count). The molecule has 0 atom stereocenters. The van der Waals surface area contributed by atoms with Gasteiger partial charge in [0.05, 0.1) is 13.2 Å². The molecule has 2 N–H and O–H groups in total. The van der Waals surface area contributed by atoms with E-state index in [9.17, 15) is 4.79 Å². The van der Waals surface area contributed by atoms with Crippen molar-refractivity contribution < 1.29 is 14.3 Å². The van der Waals surface area contributed by atoms with E-state index in [4.69, 9.17) is 14.5 Å². The summed E-state index contributed by atoms with van der Waals surface area (Å²) in [5.74, 6) is 0.809. The largest absolute Gasteiger partial charge is 0.445 e. The Morgan fingerprint density at radius 3 is 2.81 bits per heavy atom. The van der Waals surface area contributed by atoms with Crippen LogP contribution in [0.3, 0.4) is 0 Å². The molecule has 36 heavy (non-hydrogen) atoms. The van der Waals surface area contributed by atoms with E-state index >= 15 is 0 Å². The molecule has 10 heteroatoms. The topological polar surface area (TPSA) is 102 Å². The van der Waals surface area contributed by atoms with Crippen LogP contribution in [0.4, 0.5) is 22.0 Å². The van der Waals surface area contributed by atoms with Gasteiger partial charge in [-0.1, -0.05) is 31.7 Å². The predicted octanol–water partition coefficient (Wildman–Crippen LogP) is 4.46. The van der Waals surface area contributed by atoms with Gasteiger partial charge in [-0.15, -0.1) is 21.5 Å². The van der Waals surface area contributed by atoms with Crippen LogP contribution in [0.2, 0.25) is 0 Å². The highest BCUT2D eigenvalue weighted by atomic mass is 32.1. The summed E-state index contributed by atoms with van der Waals surface area (Å²) in [7, 11) is 0. The lowest BCUT2D eigenvalue weighted by atomic mass is 10.1. The van der Waals surface area contributed by atoms with Crippen LogP contribution in [0.15, 0.2) is 49.1 Å². The Hall–Kier alpha value is -3.50. The molecule has 0 spiro atoms. The molecule has 0 bridgehead atoms. The van der Waals surface area contributed by atoms with E-state index in [1.165, 1.54) is 6.08 Å². The van der Waals surface area contributed by atoms with E-state index in [1.54, 1.807) is 11.3 Å². The van der Waals surface area contributed by atoms with Crippen LogP contribution in [0.1, 0.15) is 28.2 Å². The first-order valence-electron chi connectivity index (χ1n) is 12.2. The second-order valence-electron chi connectivity index (χ2n) is 8.31. The van der Waals surface area contributed by atoms with Gasteiger partial charge in [0.15, 0.2) is 0 Å². The number of aromatic nitrogens is 3. The number of nitrogens with one attached hydrogen (secondary N) is 2. The number of amides is 1. The molecule has 0 aliphatic carbocycles. The molecule has 0 saturated carbocycles. The number of anilines is 3. The first kappa shape index (κ1) is 25.6. The third kappa shape index (κ3) is 7.50. The van der Waals surface area contributed by atoms with E-state index in [0.29, 0.717) is 12.2 Å². The van der Waals surface area contributed by atoms with Gasteiger partial charge in [-0.05, 0) is 36.6 Å². The van der Waals surface area contributed by atoms with Gasteiger partial charge in [-0.2, -0.15) is 0 Å². The number of hydrogen-bond acceptors (Lipinski definition) is 9. The number of aryl methyl sites for hydroxylation is 3. The normalized spacial score (nSPS) is 13.3. The number of pyridine rings is 1. The molecular formula is C26H32N6O3S. The van der Waals surface area contributed by atoms with Crippen molar-refractivity contribution in [2.24, 2.45) is 0 Å². The third-order valence-corrected chi connectivity index (χ3v) is 6.75. The van der Waals surface area contributed by atoms with Crippen molar-refractivity contribution in [2.45, 2.75) is 32.7 Å². The van der Waals surface area contributed by atoms with Gasteiger partial charge in [-0.3, -0.25) is 5.32 Å². The van der Waals surface area contributed by atoms with Crippen LogP contribution in [0, 0.1) is 0 Å². The summed E-state index contributed by atoms with van der Waals surface area (Å²) >= 11 is 1.67. The molecule has 3 heterocycles. The van der Waals surface area contributed by atoms with Gasteiger partial charge < -0.3 is 19.7 Å². The second kappa shape index (κ2) is 13.0. The Kier molecular flexibility index (Phi) is 9.23. The third-order valence-electron chi connectivity index (χ3n) is 5.62. The van der Waals surface area contributed by atoms with Crippen molar-refractivity contribution in [3.8, 4) is 0 Å². The van der Waals surface area contributed by atoms with Gasteiger partial charge in [0.1, 0.15) is 22.4 Å². The maximum absolute atomic E-state index is 11.8. The number of morpholine rings is 1. The zero-order valence-electron chi connectivity index (χ0n) is 20.5. The molecular weight excluding hydrogens is 476 g/mol. The maximum atomic E-state index is 11.8. The molecule has 9 nitrogen and oxygen atoms in total. The summed E-state index contributed by atoms with van der Waals surface area (Å²) in [5, 5.41) is 16.8. The Morgan fingerprint density at radius 2 is 2.03 bits per heavy atom. The molecule has 0 radical (unpaired) electrons. The molecule has 2 aromatic heterocycles. The predicted molar refractivity (Wildman–Crippen MR) is 143 cm³/mol. The quantitative estimate of drug-likeness (QED) is 0.366. The molecule has 190 valence electrons.